The van der Waals surface area contributed by atoms with Gasteiger partial charge in [0.05, 0.1) is 16.7 Å². The SMILES string of the molecule is C=C[C@@H](CS(=O)(=O)c1ccc(C)cc1)[C@@H](N=[N+]=[N-])c1ccccc1. The molecule has 0 aliphatic heterocycles. The van der Waals surface area contributed by atoms with E-state index >= 15 is 0 Å². The number of sulfone groups is 1. The van der Waals surface area contributed by atoms with Gasteiger partial charge in [0, 0.05) is 10.8 Å². The van der Waals surface area contributed by atoms with E-state index in [4.69, 9.17) is 5.53 Å². The molecule has 124 valence electrons. The van der Waals surface area contributed by atoms with Crippen molar-refractivity contribution in [2.45, 2.75) is 17.9 Å². The van der Waals surface area contributed by atoms with Crippen molar-refractivity contribution in [3.63, 3.8) is 0 Å². The van der Waals surface area contributed by atoms with Gasteiger partial charge in [0.15, 0.2) is 9.84 Å². The van der Waals surface area contributed by atoms with Gasteiger partial charge in [-0.3, -0.25) is 0 Å². The highest BCUT2D eigenvalue weighted by atomic mass is 32.2. The van der Waals surface area contributed by atoms with Crippen molar-refractivity contribution in [3.8, 4) is 0 Å². The molecule has 0 radical (unpaired) electrons. The summed E-state index contributed by atoms with van der Waals surface area (Å²) in [5.41, 5.74) is 10.6. The number of benzene rings is 2. The average molecular weight is 341 g/mol. The molecule has 0 aliphatic rings. The molecule has 5 nitrogen and oxygen atoms in total. The summed E-state index contributed by atoms with van der Waals surface area (Å²) in [6.07, 6.45) is 1.54. The van der Waals surface area contributed by atoms with E-state index in [1.807, 2.05) is 37.3 Å². The van der Waals surface area contributed by atoms with E-state index in [1.165, 1.54) is 6.08 Å². The molecule has 0 unspecified atom stereocenters. The highest BCUT2D eigenvalue weighted by Crippen LogP contribution is 2.30. The van der Waals surface area contributed by atoms with Crippen LogP contribution in [0, 0.1) is 12.8 Å². The van der Waals surface area contributed by atoms with Crippen LogP contribution in [-0.4, -0.2) is 14.2 Å². The van der Waals surface area contributed by atoms with Crippen LogP contribution in [0.5, 0.6) is 0 Å². The third-order valence-corrected chi connectivity index (χ3v) is 5.63. The molecule has 2 aromatic carbocycles. The standard InChI is InChI=1S/C18H19N3O2S/c1-3-15(18(20-21-19)16-7-5-4-6-8-16)13-24(22,23)17-11-9-14(2)10-12-17/h3-12,15,18H,1,13H2,2H3/t15-,18+/m0/s1. The Morgan fingerprint density at radius 1 is 1.17 bits per heavy atom. The lowest BCUT2D eigenvalue weighted by Crippen LogP contribution is -2.20. The number of hydrogen-bond donors (Lipinski definition) is 0. The molecule has 6 heteroatoms. The van der Waals surface area contributed by atoms with Gasteiger partial charge >= 0.3 is 0 Å². The lowest BCUT2D eigenvalue weighted by atomic mass is 9.95. The molecule has 0 fully saturated rings. The van der Waals surface area contributed by atoms with E-state index in [9.17, 15) is 8.42 Å². The van der Waals surface area contributed by atoms with Crippen LogP contribution in [0.15, 0.2) is 77.3 Å². The second-order valence-corrected chi connectivity index (χ2v) is 7.59. The molecular weight excluding hydrogens is 322 g/mol. The van der Waals surface area contributed by atoms with Crippen molar-refractivity contribution in [1.29, 1.82) is 0 Å². The van der Waals surface area contributed by atoms with Crippen LogP contribution in [0.25, 0.3) is 10.4 Å². The van der Waals surface area contributed by atoms with Gasteiger partial charge in [-0.2, -0.15) is 0 Å². The number of hydrogen-bond acceptors (Lipinski definition) is 3. The molecule has 2 aromatic rings. The fourth-order valence-corrected chi connectivity index (χ4v) is 4.06. The van der Waals surface area contributed by atoms with Gasteiger partial charge in [0.25, 0.3) is 0 Å². The van der Waals surface area contributed by atoms with E-state index < -0.39 is 21.8 Å². The van der Waals surface area contributed by atoms with E-state index in [2.05, 4.69) is 16.6 Å². The summed E-state index contributed by atoms with van der Waals surface area (Å²) < 4.78 is 25.3. The first-order chi connectivity index (χ1) is 11.5. The van der Waals surface area contributed by atoms with Crippen molar-refractivity contribution < 1.29 is 8.42 Å². The first-order valence-electron chi connectivity index (χ1n) is 7.49. The number of rotatable bonds is 7. The molecule has 0 amide bonds. The smallest absolute Gasteiger partial charge is 0.178 e. The molecule has 2 atom stereocenters. The second kappa shape index (κ2) is 7.81. The number of nitrogens with zero attached hydrogens (tertiary/aromatic N) is 3. The van der Waals surface area contributed by atoms with Crippen molar-refractivity contribution in [1.82, 2.24) is 0 Å². The molecule has 0 saturated heterocycles. The minimum absolute atomic E-state index is 0.169. The zero-order valence-corrected chi connectivity index (χ0v) is 14.2. The maximum Gasteiger partial charge on any atom is 0.178 e. The summed E-state index contributed by atoms with van der Waals surface area (Å²) in [5, 5.41) is 3.80. The highest BCUT2D eigenvalue weighted by molar-refractivity contribution is 7.91. The molecule has 0 bridgehead atoms. The van der Waals surface area contributed by atoms with Gasteiger partial charge in [0.2, 0.25) is 0 Å². The van der Waals surface area contributed by atoms with E-state index in [1.54, 1.807) is 24.3 Å². The Labute approximate surface area is 142 Å². The molecule has 0 aromatic heterocycles. The van der Waals surface area contributed by atoms with E-state index in [-0.39, 0.29) is 10.6 Å². The van der Waals surface area contributed by atoms with Crippen molar-refractivity contribution in [2.75, 3.05) is 5.75 Å². The first-order valence-corrected chi connectivity index (χ1v) is 9.14. The molecule has 0 aliphatic carbocycles. The lowest BCUT2D eigenvalue weighted by Gasteiger charge is -2.20. The molecule has 0 N–H and O–H groups in total. The summed E-state index contributed by atoms with van der Waals surface area (Å²) in [6.45, 7) is 5.63. The van der Waals surface area contributed by atoms with Crippen LogP contribution < -0.4 is 0 Å². The van der Waals surface area contributed by atoms with Crippen LogP contribution in [0.1, 0.15) is 17.2 Å². The topological polar surface area (TPSA) is 82.9 Å². The van der Waals surface area contributed by atoms with Crippen LogP contribution >= 0.6 is 0 Å². The van der Waals surface area contributed by atoms with Crippen LogP contribution in [0.2, 0.25) is 0 Å². The van der Waals surface area contributed by atoms with Crippen LogP contribution in [-0.2, 0) is 9.84 Å². The Morgan fingerprint density at radius 3 is 2.33 bits per heavy atom. The monoisotopic (exact) mass is 341 g/mol. The van der Waals surface area contributed by atoms with Crippen molar-refractivity contribution in [3.05, 3.63) is 88.8 Å². The Morgan fingerprint density at radius 2 is 1.79 bits per heavy atom. The van der Waals surface area contributed by atoms with Crippen molar-refractivity contribution in [2.24, 2.45) is 11.0 Å². The normalized spacial score (nSPS) is 13.5. The summed E-state index contributed by atoms with van der Waals surface area (Å²) in [5.74, 6) is -0.687. The maximum atomic E-state index is 12.7. The minimum Gasteiger partial charge on any atom is -0.224 e. The zero-order chi connectivity index (χ0) is 17.6. The Kier molecular flexibility index (Phi) is 5.79. The average Bonchev–Trinajstić information content (AvgIpc) is 2.59. The predicted molar refractivity (Wildman–Crippen MR) is 95.2 cm³/mol. The van der Waals surface area contributed by atoms with Gasteiger partial charge in [-0.05, 0) is 30.2 Å². The van der Waals surface area contributed by atoms with Gasteiger partial charge in [-0.15, -0.1) is 6.58 Å². The molecular formula is C18H19N3O2S. The fourth-order valence-electron chi connectivity index (χ4n) is 2.49. The largest absolute Gasteiger partial charge is 0.224 e. The van der Waals surface area contributed by atoms with Gasteiger partial charge < -0.3 is 0 Å². The van der Waals surface area contributed by atoms with Gasteiger partial charge in [0.1, 0.15) is 0 Å². The van der Waals surface area contributed by atoms with Gasteiger partial charge in [-0.25, -0.2) is 8.42 Å². The van der Waals surface area contributed by atoms with Crippen LogP contribution in [0.4, 0.5) is 0 Å². The Bertz CT molecular complexity index is 840. The Balaban J connectivity index is 2.34. The molecule has 2 rings (SSSR count). The third kappa shape index (κ3) is 4.25. The first kappa shape index (κ1) is 17.8. The Hall–Kier alpha value is -2.56. The second-order valence-electron chi connectivity index (χ2n) is 5.55. The molecule has 0 heterocycles. The quantitative estimate of drug-likeness (QED) is 0.318. The summed E-state index contributed by atoms with van der Waals surface area (Å²) in [7, 11) is -3.51. The number of azide groups is 1. The maximum absolute atomic E-state index is 12.7. The predicted octanol–water partition coefficient (Wildman–Crippen LogP) is 4.62. The summed E-state index contributed by atoms with van der Waals surface area (Å²) >= 11 is 0. The lowest BCUT2D eigenvalue weighted by molar-refractivity contribution is 0.540. The van der Waals surface area contributed by atoms with Gasteiger partial charge in [-0.1, -0.05) is 59.2 Å². The van der Waals surface area contributed by atoms with Crippen LogP contribution in [0.3, 0.4) is 0 Å². The zero-order valence-electron chi connectivity index (χ0n) is 13.4. The fraction of sp³-hybridized carbons (Fsp3) is 0.222. The number of aryl methyl sites for hydroxylation is 1. The van der Waals surface area contributed by atoms with E-state index in [0.29, 0.717) is 0 Å². The molecule has 24 heavy (non-hydrogen) atoms. The summed E-state index contributed by atoms with van der Waals surface area (Å²) in [4.78, 5) is 3.14. The molecule has 0 saturated carbocycles. The van der Waals surface area contributed by atoms with E-state index in [0.717, 1.165) is 11.1 Å². The van der Waals surface area contributed by atoms with Crippen molar-refractivity contribution >= 4 is 9.84 Å². The minimum atomic E-state index is -3.51. The summed E-state index contributed by atoms with van der Waals surface area (Å²) in [6, 6.07) is 15.2. The molecule has 0 spiro atoms. The third-order valence-electron chi connectivity index (χ3n) is 3.82. The highest BCUT2D eigenvalue weighted by Gasteiger charge is 2.26.